The lowest BCUT2D eigenvalue weighted by Crippen LogP contribution is -2.36. The largest absolute Gasteiger partial charge is 0.366 e. The van der Waals surface area contributed by atoms with E-state index in [1.807, 2.05) is 6.92 Å². The van der Waals surface area contributed by atoms with Crippen molar-refractivity contribution in [1.29, 1.82) is 5.26 Å². The number of pyridine rings is 2. The van der Waals surface area contributed by atoms with Crippen molar-refractivity contribution < 1.29 is 14.0 Å². The Morgan fingerprint density at radius 1 is 1.38 bits per heavy atom. The van der Waals surface area contributed by atoms with Crippen LogP contribution in [0.3, 0.4) is 0 Å². The van der Waals surface area contributed by atoms with Gasteiger partial charge < -0.3 is 10.6 Å². The van der Waals surface area contributed by atoms with Crippen LogP contribution in [0.4, 0.5) is 4.39 Å². The van der Waals surface area contributed by atoms with E-state index in [0.717, 1.165) is 5.56 Å². The number of benzene rings is 1. The van der Waals surface area contributed by atoms with Crippen molar-refractivity contribution >= 4 is 34.5 Å². The topological polar surface area (TPSA) is 113 Å². The van der Waals surface area contributed by atoms with Gasteiger partial charge in [-0.25, -0.2) is 4.39 Å². The number of fused-ring (bicyclic) bond motifs is 1. The summed E-state index contributed by atoms with van der Waals surface area (Å²) in [5.74, 6) is -0.585. The molecule has 1 saturated heterocycles. The van der Waals surface area contributed by atoms with Gasteiger partial charge in [-0.2, -0.15) is 5.26 Å². The molecule has 1 aliphatic rings. The summed E-state index contributed by atoms with van der Waals surface area (Å²) in [6, 6.07) is 11.4. The van der Waals surface area contributed by atoms with Gasteiger partial charge in [0.05, 0.1) is 40.8 Å². The van der Waals surface area contributed by atoms with E-state index in [-0.39, 0.29) is 23.8 Å². The Hall–Kier alpha value is -3.51. The Labute approximate surface area is 188 Å². The molecule has 3 aromatic rings. The van der Waals surface area contributed by atoms with E-state index in [1.54, 1.807) is 18.2 Å². The summed E-state index contributed by atoms with van der Waals surface area (Å²) in [4.78, 5) is 35.1. The number of rotatable bonds is 5. The van der Waals surface area contributed by atoms with Crippen LogP contribution in [0, 0.1) is 17.1 Å². The van der Waals surface area contributed by atoms with Gasteiger partial charge in [0, 0.05) is 23.3 Å². The predicted octanol–water partition coefficient (Wildman–Crippen LogP) is 2.99. The highest BCUT2D eigenvalue weighted by Gasteiger charge is 2.29. The van der Waals surface area contributed by atoms with Crippen LogP contribution in [0.5, 0.6) is 0 Å². The summed E-state index contributed by atoms with van der Waals surface area (Å²) in [6.07, 6.45) is 1.50. The van der Waals surface area contributed by atoms with Gasteiger partial charge in [0.25, 0.3) is 0 Å². The number of carbonyl (C=O) groups excluding carboxylic acids is 2. The average Bonchev–Trinajstić information content (AvgIpc) is 3.27. The molecule has 162 valence electrons. The maximum Gasteiger partial charge on any atom is 0.249 e. The predicted molar refractivity (Wildman–Crippen MR) is 119 cm³/mol. The third-order valence-corrected chi connectivity index (χ3v) is 6.54. The highest BCUT2D eigenvalue weighted by atomic mass is 32.2. The summed E-state index contributed by atoms with van der Waals surface area (Å²) in [6.45, 7) is 1.83. The molecule has 1 aromatic carbocycles. The maximum atomic E-state index is 14.2. The minimum absolute atomic E-state index is 0.0355. The highest BCUT2D eigenvalue weighted by molar-refractivity contribution is 7.99. The number of aromatic nitrogens is 2. The van der Waals surface area contributed by atoms with E-state index in [4.69, 9.17) is 5.73 Å². The number of nitrogens with two attached hydrogens (primary N) is 1. The molecule has 0 bridgehead atoms. The molecule has 0 aliphatic carbocycles. The first-order valence-electron chi connectivity index (χ1n) is 9.99. The molecule has 0 spiro atoms. The molecular formula is C23H20FN5O2S. The average molecular weight is 450 g/mol. The van der Waals surface area contributed by atoms with Crippen LogP contribution in [0.2, 0.25) is 0 Å². The standard InChI is InChI=1S/C23H20FN5O2S/c1-13(22-19(24)3-2-6-27-22)14-4-5-20-17(7-14)18(23(26)31)8-15(28-20)9-21(30)29-12-32-11-16(29)10-25/h2-8,13,16H,9,11-12H2,1H3,(H2,26,31)/t13-,16-/m1/s1. The zero-order valence-corrected chi connectivity index (χ0v) is 18.1. The molecular weight excluding hydrogens is 429 g/mol. The van der Waals surface area contributed by atoms with Crippen LogP contribution >= 0.6 is 11.8 Å². The zero-order valence-electron chi connectivity index (χ0n) is 17.3. The number of primary amides is 1. The Morgan fingerprint density at radius 2 is 2.19 bits per heavy atom. The van der Waals surface area contributed by atoms with Crippen molar-refractivity contribution in [3.8, 4) is 6.07 Å². The second kappa shape index (κ2) is 8.93. The number of halogens is 1. The first-order valence-corrected chi connectivity index (χ1v) is 11.1. The molecule has 4 rings (SSSR count). The molecule has 1 fully saturated rings. The molecule has 0 saturated carbocycles. The molecule has 3 heterocycles. The summed E-state index contributed by atoms with van der Waals surface area (Å²) in [7, 11) is 0. The van der Waals surface area contributed by atoms with Crippen LogP contribution in [-0.4, -0.2) is 44.4 Å². The molecule has 0 unspecified atom stereocenters. The molecule has 32 heavy (non-hydrogen) atoms. The molecule has 2 atom stereocenters. The second-order valence-corrected chi connectivity index (χ2v) is 8.58. The number of hydrogen-bond donors (Lipinski definition) is 1. The van der Waals surface area contributed by atoms with E-state index >= 15 is 0 Å². The molecule has 9 heteroatoms. The normalized spacial score (nSPS) is 16.7. The van der Waals surface area contributed by atoms with Crippen LogP contribution in [0.25, 0.3) is 10.9 Å². The Bertz CT molecular complexity index is 1260. The lowest BCUT2D eigenvalue weighted by atomic mass is 9.94. The van der Waals surface area contributed by atoms with Crippen molar-refractivity contribution in [2.45, 2.75) is 25.3 Å². The van der Waals surface area contributed by atoms with Gasteiger partial charge in [0.2, 0.25) is 11.8 Å². The van der Waals surface area contributed by atoms with Gasteiger partial charge >= 0.3 is 0 Å². The van der Waals surface area contributed by atoms with Crippen LogP contribution in [0.1, 0.15) is 40.2 Å². The minimum atomic E-state index is -0.647. The summed E-state index contributed by atoms with van der Waals surface area (Å²) >= 11 is 1.52. The highest BCUT2D eigenvalue weighted by Crippen LogP contribution is 2.29. The van der Waals surface area contributed by atoms with Gasteiger partial charge in [-0.05, 0) is 35.9 Å². The number of thioether (sulfide) groups is 1. The molecule has 2 amide bonds. The van der Waals surface area contributed by atoms with Crippen molar-refractivity contribution in [3.63, 3.8) is 0 Å². The first-order chi connectivity index (χ1) is 15.4. The quantitative estimate of drug-likeness (QED) is 0.641. The Balaban J connectivity index is 1.69. The van der Waals surface area contributed by atoms with Gasteiger partial charge in [-0.1, -0.05) is 13.0 Å². The number of hydrogen-bond acceptors (Lipinski definition) is 6. The van der Waals surface area contributed by atoms with E-state index in [1.165, 1.54) is 41.1 Å². The number of nitrogens with zero attached hydrogens (tertiary/aromatic N) is 4. The van der Waals surface area contributed by atoms with Gasteiger partial charge in [-0.15, -0.1) is 11.8 Å². The Morgan fingerprint density at radius 3 is 2.91 bits per heavy atom. The van der Waals surface area contributed by atoms with E-state index in [9.17, 15) is 19.2 Å². The summed E-state index contributed by atoms with van der Waals surface area (Å²) in [5, 5.41) is 9.75. The molecule has 0 radical (unpaired) electrons. The zero-order chi connectivity index (χ0) is 22.8. The number of amides is 2. The van der Waals surface area contributed by atoms with Gasteiger partial charge in [-0.3, -0.25) is 19.6 Å². The third kappa shape index (κ3) is 4.14. The van der Waals surface area contributed by atoms with Crippen LogP contribution in [-0.2, 0) is 11.2 Å². The molecule has 2 aromatic heterocycles. The second-order valence-electron chi connectivity index (χ2n) is 7.58. The number of carbonyl (C=O) groups is 2. The smallest absolute Gasteiger partial charge is 0.249 e. The summed E-state index contributed by atoms with van der Waals surface area (Å²) < 4.78 is 14.2. The van der Waals surface area contributed by atoms with Crippen LogP contribution < -0.4 is 5.73 Å². The van der Waals surface area contributed by atoms with E-state index < -0.39 is 17.8 Å². The fourth-order valence-electron chi connectivity index (χ4n) is 3.79. The number of nitriles is 1. The van der Waals surface area contributed by atoms with E-state index in [0.29, 0.717) is 33.9 Å². The van der Waals surface area contributed by atoms with E-state index in [2.05, 4.69) is 16.0 Å². The van der Waals surface area contributed by atoms with Crippen molar-refractivity contribution in [3.05, 3.63) is 70.9 Å². The fraction of sp³-hybridized carbons (Fsp3) is 0.261. The van der Waals surface area contributed by atoms with Gasteiger partial charge in [0.15, 0.2) is 0 Å². The van der Waals surface area contributed by atoms with Crippen molar-refractivity contribution in [2.75, 3.05) is 11.6 Å². The van der Waals surface area contributed by atoms with Crippen molar-refractivity contribution in [2.24, 2.45) is 5.73 Å². The lowest BCUT2D eigenvalue weighted by Gasteiger charge is -2.18. The minimum Gasteiger partial charge on any atom is -0.366 e. The monoisotopic (exact) mass is 449 g/mol. The molecule has 7 nitrogen and oxygen atoms in total. The third-order valence-electron chi connectivity index (χ3n) is 5.53. The Kier molecular flexibility index (Phi) is 6.06. The molecule has 2 N–H and O–H groups in total. The van der Waals surface area contributed by atoms with Crippen LogP contribution in [0.15, 0.2) is 42.6 Å². The summed E-state index contributed by atoms with van der Waals surface area (Å²) in [5.41, 5.74) is 7.84. The SMILES string of the molecule is C[C@H](c1ccc2nc(CC(=O)N3CSC[C@H]3C#N)cc(C(N)=O)c2c1)c1ncccc1F. The first kappa shape index (κ1) is 21.7. The van der Waals surface area contributed by atoms with Crippen molar-refractivity contribution in [1.82, 2.24) is 14.9 Å². The molecule has 1 aliphatic heterocycles. The fourth-order valence-corrected chi connectivity index (χ4v) is 4.89. The maximum absolute atomic E-state index is 14.2. The van der Waals surface area contributed by atoms with Gasteiger partial charge in [0.1, 0.15) is 11.9 Å². The lowest BCUT2D eigenvalue weighted by molar-refractivity contribution is -0.130.